The van der Waals surface area contributed by atoms with Crippen molar-refractivity contribution in [3.05, 3.63) is 88.5 Å². The number of sulfonamides is 1. The van der Waals surface area contributed by atoms with Gasteiger partial charge in [-0.05, 0) is 43.5 Å². The number of aryl methyl sites for hydroxylation is 1. The second-order valence-corrected chi connectivity index (χ2v) is 9.97. The van der Waals surface area contributed by atoms with Crippen LogP contribution in [0, 0.1) is 10.1 Å². The Kier molecular flexibility index (Phi) is 9.39. The van der Waals surface area contributed by atoms with Gasteiger partial charge in [0, 0.05) is 17.8 Å². The van der Waals surface area contributed by atoms with E-state index in [0.717, 1.165) is 22.0 Å². The molecule has 0 saturated carbocycles. The van der Waals surface area contributed by atoms with Crippen LogP contribution >= 0.6 is 0 Å². The topological polar surface area (TPSA) is 140 Å². The van der Waals surface area contributed by atoms with Crippen LogP contribution in [-0.4, -0.2) is 45.7 Å². The summed E-state index contributed by atoms with van der Waals surface area (Å²) >= 11 is 0. The van der Waals surface area contributed by atoms with Gasteiger partial charge in [-0.25, -0.2) is 13.8 Å². The van der Waals surface area contributed by atoms with Crippen LogP contribution in [0.5, 0.6) is 11.5 Å². The summed E-state index contributed by atoms with van der Waals surface area (Å²) in [5.41, 5.74) is 3.50. The molecule has 0 aliphatic heterocycles. The van der Waals surface area contributed by atoms with Crippen LogP contribution in [0.2, 0.25) is 0 Å². The molecule has 3 aromatic carbocycles. The fourth-order valence-electron chi connectivity index (χ4n) is 3.58. The lowest BCUT2D eigenvalue weighted by Crippen LogP contribution is -2.40. The monoisotopic (exact) mass is 540 g/mol. The highest BCUT2D eigenvalue weighted by Crippen LogP contribution is 2.37. The second kappa shape index (κ2) is 12.7. The minimum absolute atomic E-state index is 0.00798. The summed E-state index contributed by atoms with van der Waals surface area (Å²) in [6.07, 6.45) is 1.29. The first-order valence-corrected chi connectivity index (χ1v) is 13.0. The van der Waals surface area contributed by atoms with E-state index in [4.69, 9.17) is 9.47 Å². The highest BCUT2D eigenvalue weighted by molar-refractivity contribution is 7.93. The van der Waals surface area contributed by atoms with E-state index in [-0.39, 0.29) is 11.4 Å². The Morgan fingerprint density at radius 1 is 1.03 bits per heavy atom. The Bertz CT molecular complexity index is 1430. The number of carbonyl (C=O) groups is 1. The van der Waals surface area contributed by atoms with E-state index in [9.17, 15) is 23.3 Å². The van der Waals surface area contributed by atoms with Gasteiger partial charge >= 0.3 is 0 Å². The van der Waals surface area contributed by atoms with Gasteiger partial charge in [-0.1, -0.05) is 42.5 Å². The van der Waals surface area contributed by atoms with Crippen molar-refractivity contribution < 1.29 is 27.6 Å². The van der Waals surface area contributed by atoms with E-state index in [1.165, 1.54) is 44.6 Å². The molecule has 0 aliphatic rings. The molecule has 1 amide bonds. The zero-order valence-electron chi connectivity index (χ0n) is 21.2. The van der Waals surface area contributed by atoms with Crippen molar-refractivity contribution in [1.29, 1.82) is 0 Å². The van der Waals surface area contributed by atoms with Crippen LogP contribution in [-0.2, 0) is 21.2 Å². The molecule has 0 radical (unpaired) electrons. The molecule has 0 fully saturated rings. The predicted molar refractivity (Wildman–Crippen MR) is 143 cm³/mol. The third-order valence-electron chi connectivity index (χ3n) is 5.56. The quantitative estimate of drug-likeness (QED) is 0.208. The maximum Gasteiger partial charge on any atom is 0.289 e. The van der Waals surface area contributed by atoms with Crippen molar-refractivity contribution >= 4 is 33.0 Å². The minimum Gasteiger partial charge on any atom is -0.497 e. The van der Waals surface area contributed by atoms with E-state index < -0.39 is 38.0 Å². The maximum absolute atomic E-state index is 13.7. The first-order valence-electron chi connectivity index (χ1n) is 11.5. The molecule has 38 heavy (non-hydrogen) atoms. The first kappa shape index (κ1) is 28.1. The van der Waals surface area contributed by atoms with Crippen molar-refractivity contribution in [1.82, 2.24) is 5.43 Å². The zero-order chi connectivity index (χ0) is 27.7. The van der Waals surface area contributed by atoms with Gasteiger partial charge in [0.25, 0.3) is 21.6 Å². The summed E-state index contributed by atoms with van der Waals surface area (Å²) < 4.78 is 38.7. The Morgan fingerprint density at radius 2 is 1.71 bits per heavy atom. The van der Waals surface area contributed by atoms with Crippen molar-refractivity contribution in [3.8, 4) is 11.5 Å². The second-order valence-electron chi connectivity index (χ2n) is 8.14. The number of anilines is 1. The molecule has 200 valence electrons. The van der Waals surface area contributed by atoms with E-state index in [1.54, 1.807) is 6.92 Å². The van der Waals surface area contributed by atoms with E-state index in [1.807, 2.05) is 30.3 Å². The standard InChI is InChI=1S/C26H28N4O7S/c1-19(13-14-20-9-5-4-6-10-20)27-28-26(31)18-29(22-16-15-21(36-2)17-24(22)37-3)38(34,35)25-12-8-7-11-23(25)30(32)33/h4-12,15-17H,13-14,18H2,1-3H3,(H,28,31)/b27-19-. The lowest BCUT2D eigenvalue weighted by atomic mass is 10.1. The summed E-state index contributed by atoms with van der Waals surface area (Å²) in [7, 11) is -1.84. The summed E-state index contributed by atoms with van der Waals surface area (Å²) in [5, 5.41) is 15.7. The molecular formula is C26H28N4O7S. The van der Waals surface area contributed by atoms with Gasteiger partial charge in [0.1, 0.15) is 18.0 Å². The number of carbonyl (C=O) groups excluding carboxylic acids is 1. The highest BCUT2D eigenvalue weighted by atomic mass is 32.2. The van der Waals surface area contributed by atoms with Crippen molar-refractivity contribution in [3.63, 3.8) is 0 Å². The molecule has 0 aromatic heterocycles. The molecule has 11 nitrogen and oxygen atoms in total. The van der Waals surface area contributed by atoms with Crippen molar-refractivity contribution in [2.45, 2.75) is 24.7 Å². The van der Waals surface area contributed by atoms with Gasteiger partial charge in [-0.2, -0.15) is 5.10 Å². The number of para-hydroxylation sites is 1. The molecule has 0 aliphatic carbocycles. The van der Waals surface area contributed by atoms with Gasteiger partial charge < -0.3 is 9.47 Å². The smallest absolute Gasteiger partial charge is 0.289 e. The van der Waals surface area contributed by atoms with Gasteiger partial charge in [0.2, 0.25) is 0 Å². The Morgan fingerprint density at radius 3 is 2.37 bits per heavy atom. The number of nitro benzene ring substituents is 1. The van der Waals surface area contributed by atoms with Crippen molar-refractivity contribution in [2.75, 3.05) is 25.1 Å². The number of ether oxygens (including phenoxy) is 2. The number of nitrogens with one attached hydrogen (secondary N) is 1. The lowest BCUT2D eigenvalue weighted by molar-refractivity contribution is -0.387. The number of nitro groups is 1. The molecule has 0 unspecified atom stereocenters. The van der Waals surface area contributed by atoms with Gasteiger partial charge in [0.05, 0.1) is 24.8 Å². The summed E-state index contributed by atoms with van der Waals surface area (Å²) in [6, 6.07) is 19.0. The minimum atomic E-state index is -4.60. The first-order chi connectivity index (χ1) is 18.2. The SMILES string of the molecule is COc1ccc(N(CC(=O)N/N=C(/C)CCc2ccccc2)S(=O)(=O)c2ccccc2[N+](=O)[O-])c(OC)c1. The Hall–Kier alpha value is -4.45. The highest BCUT2D eigenvalue weighted by Gasteiger charge is 2.34. The summed E-state index contributed by atoms with van der Waals surface area (Å²) in [4.78, 5) is 23.1. The molecule has 0 spiro atoms. The Labute approximate surface area is 220 Å². The normalized spacial score (nSPS) is 11.5. The van der Waals surface area contributed by atoms with Gasteiger partial charge in [-0.15, -0.1) is 0 Å². The fraction of sp³-hybridized carbons (Fsp3) is 0.231. The number of amides is 1. The van der Waals surface area contributed by atoms with E-state index >= 15 is 0 Å². The number of hydrogen-bond donors (Lipinski definition) is 1. The van der Waals surface area contributed by atoms with Crippen LogP contribution < -0.4 is 19.2 Å². The number of hydrazone groups is 1. The predicted octanol–water partition coefficient (Wildman–Crippen LogP) is 3.93. The summed E-state index contributed by atoms with van der Waals surface area (Å²) in [5.74, 6) is -0.275. The molecule has 0 saturated heterocycles. The fourth-order valence-corrected chi connectivity index (χ4v) is 5.18. The molecule has 0 heterocycles. The Balaban J connectivity index is 1.92. The molecule has 12 heteroatoms. The van der Waals surface area contributed by atoms with E-state index in [2.05, 4.69) is 10.5 Å². The molecule has 0 atom stereocenters. The maximum atomic E-state index is 13.7. The average molecular weight is 541 g/mol. The van der Waals surface area contributed by atoms with E-state index in [0.29, 0.717) is 24.3 Å². The number of nitrogens with zero attached hydrogens (tertiary/aromatic N) is 3. The van der Waals surface area contributed by atoms with Crippen LogP contribution in [0.4, 0.5) is 11.4 Å². The molecular weight excluding hydrogens is 512 g/mol. The third kappa shape index (κ3) is 6.85. The lowest BCUT2D eigenvalue weighted by Gasteiger charge is -2.25. The largest absolute Gasteiger partial charge is 0.497 e. The number of methoxy groups -OCH3 is 2. The van der Waals surface area contributed by atoms with Crippen LogP contribution in [0.15, 0.2) is 82.8 Å². The third-order valence-corrected chi connectivity index (χ3v) is 7.37. The average Bonchev–Trinajstić information content (AvgIpc) is 2.93. The van der Waals surface area contributed by atoms with Gasteiger partial charge in [-0.3, -0.25) is 19.2 Å². The van der Waals surface area contributed by atoms with Crippen LogP contribution in [0.1, 0.15) is 18.9 Å². The molecule has 3 aromatic rings. The number of rotatable bonds is 12. The zero-order valence-corrected chi connectivity index (χ0v) is 22.0. The summed E-state index contributed by atoms with van der Waals surface area (Å²) in [6.45, 7) is 1.03. The van der Waals surface area contributed by atoms with Crippen LogP contribution in [0.3, 0.4) is 0 Å². The van der Waals surface area contributed by atoms with Crippen molar-refractivity contribution in [2.24, 2.45) is 5.10 Å². The van der Waals surface area contributed by atoms with Crippen LogP contribution in [0.25, 0.3) is 0 Å². The molecule has 0 bridgehead atoms. The molecule has 3 rings (SSSR count). The van der Waals surface area contributed by atoms with Gasteiger partial charge in [0.15, 0.2) is 4.90 Å². The number of hydrogen-bond acceptors (Lipinski definition) is 8. The molecule has 1 N–H and O–H groups in total. The number of benzene rings is 3.